The number of hydrogen-bond donors (Lipinski definition) is 1. The van der Waals surface area contributed by atoms with Gasteiger partial charge in [-0.25, -0.2) is 4.98 Å². The molecular formula is C20H25N3O. The Hall–Kier alpha value is -2.36. The summed E-state index contributed by atoms with van der Waals surface area (Å²) in [4.78, 5) is 18.9. The van der Waals surface area contributed by atoms with Crippen LogP contribution >= 0.6 is 0 Å². The summed E-state index contributed by atoms with van der Waals surface area (Å²) < 4.78 is 0. The molecule has 1 saturated heterocycles. The van der Waals surface area contributed by atoms with Gasteiger partial charge in [-0.2, -0.15) is 0 Å². The van der Waals surface area contributed by atoms with Crippen molar-refractivity contribution in [2.75, 3.05) is 18.4 Å². The summed E-state index contributed by atoms with van der Waals surface area (Å²) in [5.41, 5.74) is 4.93. The van der Waals surface area contributed by atoms with Crippen molar-refractivity contribution in [3.63, 3.8) is 0 Å². The molecule has 1 N–H and O–H groups in total. The minimum atomic E-state index is 0.0509. The van der Waals surface area contributed by atoms with Crippen LogP contribution in [0.4, 0.5) is 11.4 Å². The summed E-state index contributed by atoms with van der Waals surface area (Å²) in [5, 5.41) is 3.37. The average molecular weight is 323 g/mol. The minimum Gasteiger partial charge on any atom is -0.354 e. The van der Waals surface area contributed by atoms with Crippen LogP contribution in [-0.2, 0) is 0 Å². The van der Waals surface area contributed by atoms with E-state index in [-0.39, 0.29) is 5.91 Å². The number of aryl methyl sites for hydroxylation is 2. The molecular weight excluding hydrogens is 298 g/mol. The fourth-order valence-electron chi connectivity index (χ4n) is 3.14. The summed E-state index contributed by atoms with van der Waals surface area (Å²) >= 11 is 0. The number of aromatic nitrogens is 1. The van der Waals surface area contributed by atoms with Gasteiger partial charge in [0.05, 0.1) is 11.9 Å². The van der Waals surface area contributed by atoms with Crippen LogP contribution in [0.3, 0.4) is 0 Å². The molecule has 1 amide bonds. The largest absolute Gasteiger partial charge is 0.354 e. The zero-order chi connectivity index (χ0) is 16.9. The predicted molar refractivity (Wildman–Crippen MR) is 97.8 cm³/mol. The van der Waals surface area contributed by atoms with Crippen molar-refractivity contribution >= 4 is 17.3 Å². The first-order chi connectivity index (χ1) is 11.6. The molecule has 4 heteroatoms. The molecule has 1 fully saturated rings. The fourth-order valence-corrected chi connectivity index (χ4v) is 3.14. The van der Waals surface area contributed by atoms with Crippen molar-refractivity contribution < 1.29 is 4.79 Å². The molecule has 0 saturated carbocycles. The third kappa shape index (κ3) is 3.94. The number of benzene rings is 1. The van der Waals surface area contributed by atoms with Gasteiger partial charge < -0.3 is 10.2 Å². The van der Waals surface area contributed by atoms with Crippen LogP contribution < -0.4 is 5.32 Å². The maximum absolute atomic E-state index is 12.6. The van der Waals surface area contributed by atoms with Crippen LogP contribution in [0.1, 0.15) is 47.3 Å². The normalized spacial score (nSPS) is 15.0. The molecule has 0 atom stereocenters. The van der Waals surface area contributed by atoms with Crippen molar-refractivity contribution in [3.05, 3.63) is 53.3 Å². The number of rotatable bonds is 3. The SMILES string of the molecule is Cc1ccc(Nc2ccc(C(=O)N3CCCCCC3)nc2)c(C)c1. The lowest BCUT2D eigenvalue weighted by atomic mass is 10.1. The van der Waals surface area contributed by atoms with E-state index < -0.39 is 0 Å². The molecule has 0 spiro atoms. The lowest BCUT2D eigenvalue weighted by Gasteiger charge is -2.19. The number of nitrogens with zero attached hydrogens (tertiary/aromatic N) is 2. The highest BCUT2D eigenvalue weighted by molar-refractivity contribution is 5.92. The summed E-state index contributed by atoms with van der Waals surface area (Å²) in [5.74, 6) is 0.0509. The number of amides is 1. The maximum atomic E-state index is 12.6. The van der Waals surface area contributed by atoms with Gasteiger partial charge in [0.15, 0.2) is 0 Å². The van der Waals surface area contributed by atoms with Crippen LogP contribution in [0.2, 0.25) is 0 Å². The first-order valence-corrected chi connectivity index (χ1v) is 8.73. The van der Waals surface area contributed by atoms with Gasteiger partial charge in [0.1, 0.15) is 5.69 Å². The second kappa shape index (κ2) is 7.47. The van der Waals surface area contributed by atoms with Crippen LogP contribution in [0, 0.1) is 13.8 Å². The summed E-state index contributed by atoms with van der Waals surface area (Å²) in [6.07, 6.45) is 6.37. The van der Waals surface area contributed by atoms with E-state index in [1.807, 2.05) is 17.0 Å². The van der Waals surface area contributed by atoms with Gasteiger partial charge in [-0.15, -0.1) is 0 Å². The van der Waals surface area contributed by atoms with Gasteiger partial charge in [-0.05, 0) is 50.5 Å². The van der Waals surface area contributed by atoms with Crippen molar-refractivity contribution in [2.45, 2.75) is 39.5 Å². The van der Waals surface area contributed by atoms with E-state index in [1.165, 1.54) is 24.0 Å². The summed E-state index contributed by atoms with van der Waals surface area (Å²) in [6, 6.07) is 10.0. The summed E-state index contributed by atoms with van der Waals surface area (Å²) in [7, 11) is 0. The van der Waals surface area contributed by atoms with Gasteiger partial charge in [-0.3, -0.25) is 4.79 Å². The smallest absolute Gasteiger partial charge is 0.272 e. The number of nitrogens with one attached hydrogen (secondary N) is 1. The van der Waals surface area contributed by atoms with Gasteiger partial charge >= 0.3 is 0 Å². The number of carbonyl (C=O) groups is 1. The molecule has 2 aromatic rings. The Labute approximate surface area is 143 Å². The fraction of sp³-hybridized carbons (Fsp3) is 0.400. The lowest BCUT2D eigenvalue weighted by molar-refractivity contribution is 0.0756. The Balaban J connectivity index is 1.69. The Morgan fingerprint density at radius 3 is 2.42 bits per heavy atom. The quantitative estimate of drug-likeness (QED) is 0.907. The number of carbonyl (C=O) groups excluding carboxylic acids is 1. The number of pyridine rings is 1. The molecule has 1 aliphatic heterocycles. The second-order valence-corrected chi connectivity index (χ2v) is 6.58. The molecule has 0 bridgehead atoms. The monoisotopic (exact) mass is 323 g/mol. The van der Waals surface area contributed by atoms with E-state index in [0.717, 1.165) is 37.3 Å². The highest BCUT2D eigenvalue weighted by Gasteiger charge is 2.18. The predicted octanol–water partition coefficient (Wildman–Crippen LogP) is 4.46. The van der Waals surface area contributed by atoms with Crippen LogP contribution in [-0.4, -0.2) is 28.9 Å². The van der Waals surface area contributed by atoms with Gasteiger partial charge in [0, 0.05) is 18.8 Å². The second-order valence-electron chi connectivity index (χ2n) is 6.58. The van der Waals surface area contributed by atoms with Gasteiger partial charge in [0.2, 0.25) is 0 Å². The van der Waals surface area contributed by atoms with Crippen LogP contribution in [0.15, 0.2) is 36.5 Å². The Morgan fingerprint density at radius 2 is 1.79 bits per heavy atom. The van der Waals surface area contributed by atoms with E-state index in [2.05, 4.69) is 42.3 Å². The van der Waals surface area contributed by atoms with Crippen molar-refractivity contribution in [2.24, 2.45) is 0 Å². The highest BCUT2D eigenvalue weighted by atomic mass is 16.2. The van der Waals surface area contributed by atoms with Crippen molar-refractivity contribution in [3.8, 4) is 0 Å². The van der Waals surface area contributed by atoms with Crippen molar-refractivity contribution in [1.82, 2.24) is 9.88 Å². The molecule has 1 aliphatic rings. The van der Waals surface area contributed by atoms with Crippen molar-refractivity contribution in [1.29, 1.82) is 0 Å². The first kappa shape index (κ1) is 16.5. The molecule has 1 aromatic carbocycles. The standard InChI is InChI=1S/C20H25N3O/c1-15-7-9-18(16(2)13-15)22-17-8-10-19(21-14-17)20(24)23-11-5-3-4-6-12-23/h7-10,13-14,22H,3-6,11-12H2,1-2H3. The molecule has 0 unspecified atom stereocenters. The Bertz CT molecular complexity index is 701. The number of likely N-dealkylation sites (tertiary alicyclic amines) is 1. The van der Waals surface area contributed by atoms with E-state index in [9.17, 15) is 4.79 Å². The maximum Gasteiger partial charge on any atom is 0.272 e. The van der Waals surface area contributed by atoms with E-state index in [0.29, 0.717) is 5.69 Å². The van der Waals surface area contributed by atoms with E-state index in [4.69, 9.17) is 0 Å². The summed E-state index contributed by atoms with van der Waals surface area (Å²) in [6.45, 7) is 5.87. The Kier molecular flexibility index (Phi) is 5.14. The highest BCUT2D eigenvalue weighted by Crippen LogP contribution is 2.21. The van der Waals surface area contributed by atoms with Crippen LogP contribution in [0.25, 0.3) is 0 Å². The zero-order valence-electron chi connectivity index (χ0n) is 14.5. The third-order valence-corrected chi connectivity index (χ3v) is 4.54. The zero-order valence-corrected chi connectivity index (χ0v) is 14.5. The molecule has 1 aromatic heterocycles. The molecule has 0 radical (unpaired) electrons. The molecule has 3 rings (SSSR count). The molecule has 4 nitrogen and oxygen atoms in total. The average Bonchev–Trinajstić information content (AvgIpc) is 2.87. The van der Waals surface area contributed by atoms with Crippen LogP contribution in [0.5, 0.6) is 0 Å². The molecule has 24 heavy (non-hydrogen) atoms. The van der Waals surface area contributed by atoms with Gasteiger partial charge in [-0.1, -0.05) is 30.5 Å². The lowest BCUT2D eigenvalue weighted by Crippen LogP contribution is -2.32. The van der Waals surface area contributed by atoms with E-state index >= 15 is 0 Å². The Morgan fingerprint density at radius 1 is 1.04 bits per heavy atom. The third-order valence-electron chi connectivity index (χ3n) is 4.54. The topological polar surface area (TPSA) is 45.2 Å². The van der Waals surface area contributed by atoms with E-state index in [1.54, 1.807) is 6.20 Å². The van der Waals surface area contributed by atoms with Gasteiger partial charge in [0.25, 0.3) is 5.91 Å². The minimum absolute atomic E-state index is 0.0509. The first-order valence-electron chi connectivity index (χ1n) is 8.73. The number of anilines is 2. The molecule has 0 aliphatic carbocycles. The number of hydrogen-bond acceptors (Lipinski definition) is 3. The molecule has 2 heterocycles. The molecule has 126 valence electrons.